The van der Waals surface area contributed by atoms with Crippen molar-refractivity contribution in [1.82, 2.24) is 4.57 Å². The van der Waals surface area contributed by atoms with Crippen LogP contribution in [0.4, 0.5) is 18.9 Å². The van der Waals surface area contributed by atoms with Gasteiger partial charge >= 0.3 is 6.29 Å². The van der Waals surface area contributed by atoms with E-state index in [1.165, 1.54) is 17.8 Å². The summed E-state index contributed by atoms with van der Waals surface area (Å²) < 4.78 is 52.9. The molecule has 0 bridgehead atoms. The van der Waals surface area contributed by atoms with Gasteiger partial charge in [0.25, 0.3) is 0 Å². The molecule has 1 N–H and O–H groups in total. The first kappa shape index (κ1) is 19.8. The Bertz CT molecular complexity index is 1250. The minimum Gasteiger partial charge on any atom is -0.400 e. The van der Waals surface area contributed by atoms with Crippen molar-refractivity contribution in [2.45, 2.75) is 64.2 Å². The Kier molecular flexibility index (Phi) is 3.78. The SMILES string of the molecule is CC1(C)CCn2c1cc1cc(NC(=O)C3(C4=CC5=C(CC4)OC(F)(F)O5)CC3)c(F)cc12. The number of fused-ring (bicyclic) bond motifs is 3. The smallest absolute Gasteiger partial charge is 0.400 e. The number of hydrogen-bond donors (Lipinski definition) is 1. The van der Waals surface area contributed by atoms with E-state index in [0.717, 1.165) is 29.4 Å². The van der Waals surface area contributed by atoms with Crippen LogP contribution in [0.2, 0.25) is 0 Å². The molecule has 2 aliphatic heterocycles. The monoisotopic (exact) mass is 444 g/mol. The predicted octanol–water partition coefficient (Wildman–Crippen LogP) is 5.71. The second kappa shape index (κ2) is 6.11. The Hall–Kier alpha value is -2.90. The summed E-state index contributed by atoms with van der Waals surface area (Å²) in [5, 5.41) is 3.65. The van der Waals surface area contributed by atoms with Crippen LogP contribution in [-0.2, 0) is 26.2 Å². The number of nitrogens with one attached hydrogen (secondary N) is 1. The number of nitrogens with zero attached hydrogens (tertiary/aromatic N) is 1. The molecule has 0 unspecified atom stereocenters. The molecule has 168 valence electrons. The van der Waals surface area contributed by atoms with Gasteiger partial charge in [-0.1, -0.05) is 19.4 Å². The van der Waals surface area contributed by atoms with Crippen LogP contribution in [-0.4, -0.2) is 16.8 Å². The highest BCUT2D eigenvalue weighted by atomic mass is 19.3. The number of benzene rings is 1. The topological polar surface area (TPSA) is 52.5 Å². The summed E-state index contributed by atoms with van der Waals surface area (Å²) in [7, 11) is 0. The molecule has 0 spiro atoms. The maximum Gasteiger partial charge on any atom is 0.585 e. The van der Waals surface area contributed by atoms with Gasteiger partial charge in [-0.3, -0.25) is 4.79 Å². The summed E-state index contributed by atoms with van der Waals surface area (Å²) in [4.78, 5) is 13.2. The van der Waals surface area contributed by atoms with Crippen molar-refractivity contribution in [3.05, 3.63) is 52.9 Å². The second-order valence-electron chi connectivity index (χ2n) is 9.87. The van der Waals surface area contributed by atoms with Crippen molar-refractivity contribution in [2.24, 2.45) is 5.41 Å². The average Bonchev–Trinajstić information content (AvgIpc) is 3.26. The number of ether oxygens (including phenoxy) is 2. The fourth-order valence-electron chi connectivity index (χ4n) is 5.30. The van der Waals surface area contributed by atoms with Gasteiger partial charge < -0.3 is 19.4 Å². The minimum atomic E-state index is -3.67. The molecule has 0 radical (unpaired) electrons. The van der Waals surface area contributed by atoms with Crippen LogP contribution >= 0.6 is 0 Å². The van der Waals surface area contributed by atoms with Crippen molar-refractivity contribution in [1.29, 1.82) is 0 Å². The van der Waals surface area contributed by atoms with E-state index >= 15 is 0 Å². The van der Waals surface area contributed by atoms with E-state index in [9.17, 15) is 18.0 Å². The zero-order valence-electron chi connectivity index (χ0n) is 17.9. The predicted molar refractivity (Wildman–Crippen MR) is 111 cm³/mol. The van der Waals surface area contributed by atoms with Gasteiger partial charge in [0.05, 0.1) is 16.6 Å². The number of carbonyl (C=O) groups is 1. The Balaban J connectivity index is 1.28. The van der Waals surface area contributed by atoms with Crippen molar-refractivity contribution < 1.29 is 27.4 Å². The molecule has 1 fully saturated rings. The largest absolute Gasteiger partial charge is 0.585 e. The fourth-order valence-corrected chi connectivity index (χ4v) is 5.30. The number of amides is 1. The van der Waals surface area contributed by atoms with Gasteiger partial charge in [-0.05, 0) is 43.9 Å². The third kappa shape index (κ3) is 2.81. The lowest BCUT2D eigenvalue weighted by Crippen LogP contribution is -2.27. The zero-order chi connectivity index (χ0) is 22.5. The molecule has 3 heterocycles. The summed E-state index contributed by atoms with van der Waals surface area (Å²) in [6.07, 6.45) is 0.681. The molecule has 4 aliphatic rings. The van der Waals surface area contributed by atoms with E-state index in [1.54, 1.807) is 6.07 Å². The van der Waals surface area contributed by atoms with Gasteiger partial charge in [-0.2, -0.15) is 0 Å². The first-order chi connectivity index (χ1) is 15.1. The average molecular weight is 444 g/mol. The molecule has 0 saturated heterocycles. The summed E-state index contributed by atoms with van der Waals surface area (Å²) in [5.41, 5.74) is 2.07. The highest BCUT2D eigenvalue weighted by Gasteiger charge is 2.55. The summed E-state index contributed by atoms with van der Waals surface area (Å²) in [6, 6.07) is 5.24. The molecule has 2 aromatic rings. The first-order valence-corrected chi connectivity index (χ1v) is 10.9. The van der Waals surface area contributed by atoms with Crippen molar-refractivity contribution in [3.8, 4) is 0 Å². The van der Waals surface area contributed by atoms with Crippen LogP contribution in [0.5, 0.6) is 0 Å². The standard InChI is InChI=1S/C24H23F3N2O3/c1-22(2)7-8-29-17-12-15(25)16(9-13(17)10-20(22)29)28-21(30)23(5-6-23)14-3-4-18-19(11-14)32-24(26,27)31-18/h9-12H,3-8H2,1-2H3,(H,28,30). The number of rotatable bonds is 3. The lowest BCUT2D eigenvalue weighted by molar-refractivity contribution is -0.336. The number of allylic oxidation sites excluding steroid dienone is 2. The minimum absolute atomic E-state index is 0.0196. The number of aryl methyl sites for hydroxylation is 1. The molecule has 32 heavy (non-hydrogen) atoms. The van der Waals surface area contributed by atoms with Gasteiger partial charge in [-0.15, -0.1) is 8.78 Å². The van der Waals surface area contributed by atoms with E-state index in [0.29, 0.717) is 19.3 Å². The van der Waals surface area contributed by atoms with E-state index < -0.39 is 17.5 Å². The van der Waals surface area contributed by atoms with E-state index in [4.69, 9.17) is 0 Å². The Morgan fingerprint density at radius 3 is 2.62 bits per heavy atom. The lowest BCUT2D eigenvalue weighted by atomic mass is 9.87. The van der Waals surface area contributed by atoms with Crippen LogP contribution < -0.4 is 5.32 Å². The number of alkyl halides is 2. The van der Waals surface area contributed by atoms with Crippen LogP contribution in [0.15, 0.2) is 41.4 Å². The third-order valence-electron chi connectivity index (χ3n) is 7.36. The van der Waals surface area contributed by atoms with Gasteiger partial charge in [0.15, 0.2) is 5.76 Å². The summed E-state index contributed by atoms with van der Waals surface area (Å²) >= 11 is 0. The number of anilines is 1. The summed E-state index contributed by atoms with van der Waals surface area (Å²) in [5.74, 6) is -0.712. The van der Waals surface area contributed by atoms with Crippen molar-refractivity contribution in [2.75, 3.05) is 5.32 Å². The van der Waals surface area contributed by atoms with Crippen LogP contribution in [0.1, 0.15) is 51.6 Å². The Labute approximate surface area is 182 Å². The molecular weight excluding hydrogens is 421 g/mol. The lowest BCUT2D eigenvalue weighted by Gasteiger charge is -2.22. The molecule has 1 saturated carbocycles. The number of aromatic nitrogens is 1. The van der Waals surface area contributed by atoms with Crippen LogP contribution in [0.25, 0.3) is 10.9 Å². The molecule has 8 heteroatoms. The van der Waals surface area contributed by atoms with Gasteiger partial charge in [0.2, 0.25) is 5.91 Å². The van der Waals surface area contributed by atoms with Gasteiger partial charge in [0, 0.05) is 35.5 Å². The molecule has 1 aromatic heterocycles. The number of carbonyl (C=O) groups excluding carboxylic acids is 1. The first-order valence-electron chi connectivity index (χ1n) is 10.9. The highest BCUT2D eigenvalue weighted by Crippen LogP contribution is 2.56. The molecule has 2 aliphatic carbocycles. The normalized spacial score (nSPS) is 23.8. The molecule has 1 amide bonds. The zero-order valence-corrected chi connectivity index (χ0v) is 17.9. The van der Waals surface area contributed by atoms with E-state index in [-0.39, 0.29) is 34.9 Å². The number of halogens is 3. The third-order valence-corrected chi connectivity index (χ3v) is 7.36. The quantitative estimate of drug-likeness (QED) is 0.660. The van der Waals surface area contributed by atoms with Crippen molar-refractivity contribution >= 4 is 22.5 Å². The van der Waals surface area contributed by atoms with Crippen molar-refractivity contribution in [3.63, 3.8) is 0 Å². The van der Waals surface area contributed by atoms with Crippen LogP contribution in [0.3, 0.4) is 0 Å². The molecule has 1 aromatic carbocycles. The molecule has 5 nitrogen and oxygen atoms in total. The second-order valence-corrected chi connectivity index (χ2v) is 9.87. The highest BCUT2D eigenvalue weighted by molar-refractivity contribution is 6.01. The van der Waals surface area contributed by atoms with E-state index in [1.807, 2.05) is 0 Å². The Morgan fingerprint density at radius 2 is 1.88 bits per heavy atom. The summed E-state index contributed by atoms with van der Waals surface area (Å²) in [6.45, 7) is 5.19. The molecular formula is C24H23F3N2O3. The number of hydrogen-bond acceptors (Lipinski definition) is 3. The fraction of sp³-hybridized carbons (Fsp3) is 0.458. The van der Waals surface area contributed by atoms with Crippen LogP contribution in [0, 0.1) is 11.2 Å². The maximum atomic E-state index is 15.0. The Morgan fingerprint density at radius 1 is 1.09 bits per heavy atom. The molecule has 6 rings (SSSR count). The van der Waals surface area contributed by atoms with E-state index in [2.05, 4.69) is 39.3 Å². The van der Waals surface area contributed by atoms with Gasteiger partial charge in [0.1, 0.15) is 11.6 Å². The maximum absolute atomic E-state index is 15.0. The van der Waals surface area contributed by atoms with Gasteiger partial charge in [-0.25, -0.2) is 4.39 Å². The molecule has 0 atom stereocenters.